The highest BCUT2D eigenvalue weighted by atomic mass is 79.9. The molecule has 8 heteroatoms. The maximum Gasteiger partial charge on any atom is 0.372 e. The lowest BCUT2D eigenvalue weighted by molar-refractivity contribution is -0.386. The van der Waals surface area contributed by atoms with Crippen molar-refractivity contribution in [3.63, 3.8) is 0 Å². The first-order chi connectivity index (χ1) is 9.90. The molecule has 0 radical (unpaired) electrons. The Hall–Kier alpha value is -2.35. The number of aryl methyl sites for hydroxylation is 1. The highest BCUT2D eigenvalue weighted by molar-refractivity contribution is 9.10. The van der Waals surface area contributed by atoms with Crippen molar-refractivity contribution >= 4 is 27.6 Å². The zero-order valence-electron chi connectivity index (χ0n) is 10.8. The third-order valence-electron chi connectivity index (χ3n) is 2.73. The molecule has 2 rings (SSSR count). The third-order valence-corrected chi connectivity index (χ3v) is 3.19. The molecule has 0 saturated carbocycles. The summed E-state index contributed by atoms with van der Waals surface area (Å²) in [6.07, 6.45) is 1.23. The quantitative estimate of drug-likeness (QED) is 0.649. The van der Waals surface area contributed by atoms with Crippen LogP contribution in [-0.4, -0.2) is 16.0 Å². The molecule has 1 aromatic carbocycles. The minimum Gasteiger partial charge on any atom is -0.482 e. The molecule has 0 saturated heterocycles. The van der Waals surface area contributed by atoms with Gasteiger partial charge in [-0.3, -0.25) is 10.1 Å². The Morgan fingerprint density at radius 3 is 2.86 bits per heavy atom. The first-order valence-electron chi connectivity index (χ1n) is 5.77. The van der Waals surface area contributed by atoms with Crippen molar-refractivity contribution in [1.29, 1.82) is 0 Å². The lowest BCUT2D eigenvalue weighted by atomic mass is 10.2. The van der Waals surface area contributed by atoms with E-state index in [1.54, 1.807) is 13.0 Å². The number of nitro groups is 1. The van der Waals surface area contributed by atoms with E-state index in [1.165, 1.54) is 18.4 Å². The number of nitrogens with zero attached hydrogens (tertiary/aromatic N) is 1. The average Bonchev–Trinajstić information content (AvgIpc) is 2.85. The van der Waals surface area contributed by atoms with E-state index in [0.717, 1.165) is 0 Å². The summed E-state index contributed by atoms with van der Waals surface area (Å²) in [5, 5.41) is 20.0. The Morgan fingerprint density at radius 2 is 2.24 bits per heavy atom. The van der Waals surface area contributed by atoms with E-state index >= 15 is 0 Å². The van der Waals surface area contributed by atoms with Crippen LogP contribution in [0.1, 0.15) is 21.7 Å². The van der Waals surface area contributed by atoms with Gasteiger partial charge in [-0.05, 0) is 24.6 Å². The summed E-state index contributed by atoms with van der Waals surface area (Å²) in [6.45, 7) is 1.53. The van der Waals surface area contributed by atoms with E-state index in [0.29, 0.717) is 15.6 Å². The van der Waals surface area contributed by atoms with Crippen LogP contribution in [0.3, 0.4) is 0 Å². The number of furan rings is 1. The molecule has 0 aliphatic carbocycles. The van der Waals surface area contributed by atoms with Crippen molar-refractivity contribution in [1.82, 2.24) is 0 Å². The highest BCUT2D eigenvalue weighted by Crippen LogP contribution is 2.34. The summed E-state index contributed by atoms with van der Waals surface area (Å²) in [5.74, 6) is -1.37. The summed E-state index contributed by atoms with van der Waals surface area (Å²) in [6, 6.07) is 4.45. The van der Waals surface area contributed by atoms with Crippen molar-refractivity contribution in [2.24, 2.45) is 0 Å². The van der Waals surface area contributed by atoms with Crippen molar-refractivity contribution in [2.45, 2.75) is 13.5 Å². The second-order valence-corrected chi connectivity index (χ2v) is 5.11. The van der Waals surface area contributed by atoms with E-state index in [9.17, 15) is 14.9 Å². The van der Waals surface area contributed by atoms with E-state index in [2.05, 4.69) is 15.9 Å². The molecule has 0 spiro atoms. The van der Waals surface area contributed by atoms with Gasteiger partial charge in [-0.25, -0.2) is 4.79 Å². The number of carboxylic acids is 1. The summed E-state index contributed by atoms with van der Waals surface area (Å²) < 4.78 is 10.8. The van der Waals surface area contributed by atoms with E-state index in [1.807, 2.05) is 0 Å². The van der Waals surface area contributed by atoms with Crippen LogP contribution < -0.4 is 4.74 Å². The fraction of sp³-hybridized carbons (Fsp3) is 0.154. The minimum absolute atomic E-state index is 0.0979. The molecule has 0 aliphatic rings. The molecule has 1 heterocycles. The van der Waals surface area contributed by atoms with Gasteiger partial charge in [0.2, 0.25) is 5.76 Å². The SMILES string of the molecule is Cc1cc(Br)cc([N+](=O)[O-])c1OCc1ccoc1C(=O)O. The van der Waals surface area contributed by atoms with Crippen LogP contribution in [0.15, 0.2) is 33.4 Å². The van der Waals surface area contributed by atoms with Gasteiger partial charge in [0.05, 0.1) is 11.2 Å². The lowest BCUT2D eigenvalue weighted by Crippen LogP contribution is -2.04. The topological polar surface area (TPSA) is 103 Å². The summed E-state index contributed by atoms with van der Waals surface area (Å²) in [4.78, 5) is 21.4. The molecule has 1 aromatic heterocycles. The fourth-order valence-corrected chi connectivity index (χ4v) is 2.38. The highest BCUT2D eigenvalue weighted by Gasteiger charge is 2.21. The fourth-order valence-electron chi connectivity index (χ4n) is 1.82. The number of halogens is 1. The second kappa shape index (κ2) is 5.96. The van der Waals surface area contributed by atoms with Crippen LogP contribution in [0.4, 0.5) is 5.69 Å². The number of carbonyl (C=O) groups is 1. The van der Waals surface area contributed by atoms with Gasteiger partial charge < -0.3 is 14.3 Å². The van der Waals surface area contributed by atoms with Gasteiger partial charge in [-0.1, -0.05) is 15.9 Å². The number of carboxylic acid groups (broad SMARTS) is 1. The zero-order chi connectivity index (χ0) is 15.6. The summed E-state index contributed by atoms with van der Waals surface area (Å²) in [5.41, 5.74) is 0.679. The maximum atomic E-state index is 11.1. The number of aromatic carboxylic acids is 1. The van der Waals surface area contributed by atoms with Gasteiger partial charge in [0.25, 0.3) is 0 Å². The molecule has 0 bridgehead atoms. The van der Waals surface area contributed by atoms with Crippen LogP contribution >= 0.6 is 15.9 Å². The van der Waals surface area contributed by atoms with Crippen molar-refractivity contribution < 1.29 is 24.0 Å². The van der Waals surface area contributed by atoms with Crippen molar-refractivity contribution in [3.05, 3.63) is 55.9 Å². The molecule has 1 N–H and O–H groups in total. The molecular weight excluding hydrogens is 346 g/mol. The molecule has 2 aromatic rings. The van der Waals surface area contributed by atoms with Crippen LogP contribution in [0.5, 0.6) is 5.75 Å². The molecule has 0 aliphatic heterocycles. The molecule has 110 valence electrons. The van der Waals surface area contributed by atoms with Gasteiger partial charge in [-0.2, -0.15) is 0 Å². The van der Waals surface area contributed by atoms with Gasteiger partial charge in [0, 0.05) is 16.1 Å². The van der Waals surface area contributed by atoms with Crippen LogP contribution in [0.25, 0.3) is 0 Å². The molecule has 0 unspecified atom stereocenters. The Morgan fingerprint density at radius 1 is 1.52 bits per heavy atom. The predicted octanol–water partition coefficient (Wildman–Crippen LogP) is 3.54. The first-order valence-corrected chi connectivity index (χ1v) is 6.56. The number of ether oxygens (including phenoxy) is 1. The van der Waals surface area contributed by atoms with Gasteiger partial charge in [-0.15, -0.1) is 0 Å². The van der Waals surface area contributed by atoms with E-state index in [-0.39, 0.29) is 23.8 Å². The molecule has 7 nitrogen and oxygen atoms in total. The maximum absolute atomic E-state index is 11.1. The van der Waals surface area contributed by atoms with Crippen molar-refractivity contribution in [3.8, 4) is 5.75 Å². The van der Waals surface area contributed by atoms with Gasteiger partial charge in [0.15, 0.2) is 5.75 Å². The van der Waals surface area contributed by atoms with Crippen LogP contribution in [0.2, 0.25) is 0 Å². The lowest BCUT2D eigenvalue weighted by Gasteiger charge is -2.09. The van der Waals surface area contributed by atoms with Crippen LogP contribution in [-0.2, 0) is 6.61 Å². The Labute approximate surface area is 127 Å². The standard InChI is InChI=1S/C13H10BrNO6/c1-7-4-9(14)5-10(15(18)19)11(7)21-6-8-2-3-20-12(8)13(16)17/h2-5H,6H2,1H3,(H,16,17). The first kappa shape index (κ1) is 15.0. The normalized spacial score (nSPS) is 10.4. The number of nitro benzene ring substituents is 1. The predicted molar refractivity (Wildman–Crippen MR) is 75.5 cm³/mol. The van der Waals surface area contributed by atoms with Gasteiger partial charge in [0.1, 0.15) is 6.61 Å². The van der Waals surface area contributed by atoms with Crippen LogP contribution in [0, 0.1) is 17.0 Å². The smallest absolute Gasteiger partial charge is 0.372 e. The second-order valence-electron chi connectivity index (χ2n) is 4.20. The van der Waals surface area contributed by atoms with Crippen molar-refractivity contribution in [2.75, 3.05) is 0 Å². The van der Waals surface area contributed by atoms with Gasteiger partial charge >= 0.3 is 11.7 Å². The monoisotopic (exact) mass is 355 g/mol. The van der Waals surface area contributed by atoms with E-state index < -0.39 is 10.9 Å². The molecule has 0 atom stereocenters. The number of hydrogen-bond donors (Lipinski definition) is 1. The number of hydrogen-bond acceptors (Lipinski definition) is 5. The minimum atomic E-state index is -1.22. The Kier molecular flexibility index (Phi) is 4.27. The molecule has 0 fully saturated rings. The summed E-state index contributed by atoms with van der Waals surface area (Å²) >= 11 is 3.18. The Balaban J connectivity index is 2.30. The Bertz CT molecular complexity index is 709. The molecule has 21 heavy (non-hydrogen) atoms. The third kappa shape index (κ3) is 3.22. The molecular formula is C13H10BrNO6. The molecule has 0 amide bonds. The average molecular weight is 356 g/mol. The largest absolute Gasteiger partial charge is 0.482 e. The van der Waals surface area contributed by atoms with E-state index in [4.69, 9.17) is 14.3 Å². The number of benzene rings is 1. The number of rotatable bonds is 5. The summed E-state index contributed by atoms with van der Waals surface area (Å²) in [7, 11) is 0. The zero-order valence-corrected chi connectivity index (χ0v) is 12.4.